The Morgan fingerprint density at radius 3 is 1.36 bits per heavy atom. The fourth-order valence-electron chi connectivity index (χ4n) is 7.96. The maximum absolute atomic E-state index is 6.36. The first kappa shape index (κ1) is 30.9. The summed E-state index contributed by atoms with van der Waals surface area (Å²) in [5.41, 5.74) is 14.0. The van der Waals surface area contributed by atoms with Gasteiger partial charge in [-0.25, -0.2) is 0 Å². The molecule has 0 radical (unpaired) electrons. The van der Waals surface area contributed by atoms with Crippen molar-refractivity contribution in [1.29, 1.82) is 0 Å². The molecule has 3 heteroatoms. The van der Waals surface area contributed by atoms with Gasteiger partial charge in [-0.3, -0.25) is 0 Å². The Balaban J connectivity index is 0.000000390. The summed E-state index contributed by atoms with van der Waals surface area (Å²) in [5, 5.41) is 7.26. The van der Waals surface area contributed by atoms with E-state index in [1.165, 1.54) is 71.6 Å². The molecule has 0 saturated heterocycles. The second-order valence-electron chi connectivity index (χ2n) is 13.9. The lowest BCUT2D eigenvalue weighted by Crippen LogP contribution is -1.93. The van der Waals surface area contributed by atoms with Gasteiger partial charge in [-0.15, -0.1) is 0 Å². The van der Waals surface area contributed by atoms with Gasteiger partial charge in [-0.2, -0.15) is 0 Å². The molecule has 11 aromatic rings. The lowest BCUT2D eigenvalue weighted by Gasteiger charge is -2.08. The molecule has 3 nitrogen and oxygen atoms in total. The van der Waals surface area contributed by atoms with E-state index in [0.29, 0.717) is 0 Å². The Hall–Kier alpha value is -6.84. The quantitative estimate of drug-likeness (QED) is 0.182. The highest BCUT2D eigenvalue weighted by Gasteiger charge is 2.16. The Morgan fingerprint density at radius 2 is 0.755 bits per heavy atom. The van der Waals surface area contributed by atoms with Crippen molar-refractivity contribution in [2.24, 2.45) is 0 Å². The average molecular weight is 681 g/mol. The molecule has 0 aliphatic heterocycles. The number of nitrogens with zero attached hydrogens (tertiary/aromatic N) is 2. The van der Waals surface area contributed by atoms with Crippen LogP contribution in [-0.4, -0.2) is 9.13 Å². The number of para-hydroxylation sites is 4. The highest BCUT2D eigenvalue weighted by molar-refractivity contribution is 6.12. The van der Waals surface area contributed by atoms with Gasteiger partial charge in [-0.05, 0) is 109 Å². The maximum Gasteiger partial charge on any atom is 0.135 e. The van der Waals surface area contributed by atoms with Crippen LogP contribution in [-0.2, 0) is 0 Å². The Labute approximate surface area is 307 Å². The zero-order valence-electron chi connectivity index (χ0n) is 29.6. The highest BCUT2D eigenvalue weighted by atomic mass is 16.3. The molecular formula is C50H36N2O. The Kier molecular flexibility index (Phi) is 7.26. The summed E-state index contributed by atoms with van der Waals surface area (Å²) in [6, 6.07) is 64.9. The van der Waals surface area contributed by atoms with Crippen molar-refractivity contribution in [1.82, 2.24) is 9.13 Å². The van der Waals surface area contributed by atoms with Crippen LogP contribution < -0.4 is 0 Å². The van der Waals surface area contributed by atoms with Gasteiger partial charge < -0.3 is 13.6 Å². The monoisotopic (exact) mass is 680 g/mol. The molecule has 0 atom stereocenters. The molecule has 0 fully saturated rings. The molecule has 0 aliphatic carbocycles. The fraction of sp³-hybridized carbons (Fsp3) is 0.0400. The zero-order chi connectivity index (χ0) is 35.5. The number of furan rings is 1. The molecule has 53 heavy (non-hydrogen) atoms. The summed E-state index contributed by atoms with van der Waals surface area (Å²) in [6.45, 7) is 4.24. The molecule has 0 bridgehead atoms. The van der Waals surface area contributed by atoms with Gasteiger partial charge in [-0.1, -0.05) is 109 Å². The number of hydrogen-bond donors (Lipinski definition) is 0. The van der Waals surface area contributed by atoms with E-state index in [1.54, 1.807) is 0 Å². The zero-order valence-corrected chi connectivity index (χ0v) is 29.6. The summed E-state index contributed by atoms with van der Waals surface area (Å²) in [6.07, 6.45) is 0. The maximum atomic E-state index is 6.36. The number of aryl methyl sites for hydroxylation is 2. The van der Waals surface area contributed by atoms with E-state index in [2.05, 4.69) is 205 Å². The topological polar surface area (TPSA) is 23.0 Å². The molecule has 0 amide bonds. The van der Waals surface area contributed by atoms with Crippen LogP contribution in [0.5, 0.6) is 0 Å². The van der Waals surface area contributed by atoms with Crippen molar-refractivity contribution >= 4 is 65.6 Å². The van der Waals surface area contributed by atoms with Gasteiger partial charge in [0.05, 0.1) is 22.1 Å². The van der Waals surface area contributed by atoms with E-state index in [-0.39, 0.29) is 0 Å². The van der Waals surface area contributed by atoms with Gasteiger partial charge in [0.1, 0.15) is 11.2 Å². The van der Waals surface area contributed by atoms with E-state index in [0.717, 1.165) is 27.6 Å². The van der Waals surface area contributed by atoms with Gasteiger partial charge >= 0.3 is 0 Å². The SMILES string of the molecule is Cc1ccccc1C.c1ccc(-n2c3ccccc3c3cc(-c4ccc5oc6ccc(-n7c8ccccc8c8ccccc87)cc6c5c4)ccc32)cc1. The van der Waals surface area contributed by atoms with Crippen molar-refractivity contribution in [3.8, 4) is 22.5 Å². The van der Waals surface area contributed by atoms with Crippen LogP contribution in [0.3, 0.4) is 0 Å². The van der Waals surface area contributed by atoms with E-state index < -0.39 is 0 Å². The summed E-state index contributed by atoms with van der Waals surface area (Å²) in [5.74, 6) is 0. The van der Waals surface area contributed by atoms with Crippen LogP contribution >= 0.6 is 0 Å². The minimum Gasteiger partial charge on any atom is -0.456 e. The molecule has 0 spiro atoms. The molecule has 11 rings (SSSR count). The Morgan fingerprint density at radius 1 is 0.321 bits per heavy atom. The van der Waals surface area contributed by atoms with Crippen molar-refractivity contribution in [2.45, 2.75) is 13.8 Å². The van der Waals surface area contributed by atoms with Crippen LogP contribution in [0.15, 0.2) is 186 Å². The molecule has 0 unspecified atom stereocenters. The molecule has 0 aliphatic rings. The van der Waals surface area contributed by atoms with E-state index >= 15 is 0 Å². The molecule has 8 aromatic carbocycles. The second-order valence-corrected chi connectivity index (χ2v) is 13.9. The molecule has 252 valence electrons. The number of fused-ring (bicyclic) bond motifs is 9. The second kappa shape index (κ2) is 12.4. The van der Waals surface area contributed by atoms with E-state index in [4.69, 9.17) is 4.42 Å². The lowest BCUT2D eigenvalue weighted by molar-refractivity contribution is 0.669. The van der Waals surface area contributed by atoms with Gasteiger partial charge in [0.25, 0.3) is 0 Å². The number of rotatable bonds is 3. The van der Waals surface area contributed by atoms with Gasteiger partial charge in [0, 0.05) is 43.7 Å². The summed E-state index contributed by atoms with van der Waals surface area (Å²) in [4.78, 5) is 0. The van der Waals surface area contributed by atoms with Gasteiger partial charge in [0.2, 0.25) is 0 Å². The molecular weight excluding hydrogens is 645 g/mol. The summed E-state index contributed by atoms with van der Waals surface area (Å²) < 4.78 is 11.1. The van der Waals surface area contributed by atoms with Crippen LogP contribution in [0.2, 0.25) is 0 Å². The van der Waals surface area contributed by atoms with Crippen molar-refractivity contribution < 1.29 is 4.42 Å². The van der Waals surface area contributed by atoms with Crippen LogP contribution in [0.1, 0.15) is 11.1 Å². The third kappa shape index (κ3) is 5.12. The first-order valence-electron chi connectivity index (χ1n) is 18.2. The van der Waals surface area contributed by atoms with Crippen LogP contribution in [0.4, 0.5) is 0 Å². The van der Waals surface area contributed by atoms with Crippen LogP contribution in [0, 0.1) is 13.8 Å². The fourth-order valence-corrected chi connectivity index (χ4v) is 7.96. The van der Waals surface area contributed by atoms with Crippen LogP contribution in [0.25, 0.3) is 88.1 Å². The number of hydrogen-bond acceptors (Lipinski definition) is 1. The first-order chi connectivity index (χ1) is 26.1. The van der Waals surface area contributed by atoms with Crippen molar-refractivity contribution in [3.63, 3.8) is 0 Å². The number of benzene rings is 8. The molecule has 3 heterocycles. The third-order valence-electron chi connectivity index (χ3n) is 10.7. The predicted molar refractivity (Wildman–Crippen MR) is 224 cm³/mol. The minimum absolute atomic E-state index is 0.896. The molecule has 3 aromatic heterocycles. The van der Waals surface area contributed by atoms with E-state index in [1.807, 2.05) is 0 Å². The minimum atomic E-state index is 0.896. The largest absolute Gasteiger partial charge is 0.456 e. The van der Waals surface area contributed by atoms with Crippen molar-refractivity contribution in [3.05, 3.63) is 193 Å². The third-order valence-corrected chi connectivity index (χ3v) is 10.7. The molecule has 0 N–H and O–H groups in total. The van der Waals surface area contributed by atoms with Gasteiger partial charge in [0.15, 0.2) is 0 Å². The average Bonchev–Trinajstić information content (AvgIpc) is 3.86. The number of aromatic nitrogens is 2. The smallest absolute Gasteiger partial charge is 0.135 e. The van der Waals surface area contributed by atoms with Crippen molar-refractivity contribution in [2.75, 3.05) is 0 Å². The summed E-state index contributed by atoms with van der Waals surface area (Å²) >= 11 is 0. The van der Waals surface area contributed by atoms with E-state index in [9.17, 15) is 0 Å². The normalized spacial score (nSPS) is 11.6. The Bertz CT molecular complexity index is 3070. The standard InChI is InChI=1S/C42H26N2O.C8H10/c1-2-10-29(11-3-1)43-39-17-9-6-14-33(39)34-24-27(18-21-40(34)43)28-19-22-41-35(25-28)36-26-30(20-23-42(36)45-41)44-37-15-7-4-12-31(37)32-13-5-8-16-38(32)44;1-7-5-3-4-6-8(7)2/h1-26H;3-6H,1-2H3. The first-order valence-corrected chi connectivity index (χ1v) is 18.2. The summed E-state index contributed by atoms with van der Waals surface area (Å²) in [7, 11) is 0. The molecule has 0 saturated carbocycles. The lowest BCUT2D eigenvalue weighted by atomic mass is 10.0. The highest BCUT2D eigenvalue weighted by Crippen LogP contribution is 2.39. The predicted octanol–water partition coefficient (Wildman–Crippen LogP) is 13.8.